The van der Waals surface area contributed by atoms with Crippen molar-refractivity contribution in [2.75, 3.05) is 19.6 Å². The number of aliphatic imine (C=N–C) groups is 1. The van der Waals surface area contributed by atoms with E-state index in [1.807, 2.05) is 47.9 Å². The van der Waals surface area contributed by atoms with E-state index in [1.165, 1.54) is 0 Å². The Morgan fingerprint density at radius 3 is 2.58 bits per heavy atom. The minimum absolute atomic E-state index is 0.339. The molecule has 0 spiro atoms. The third-order valence-corrected chi connectivity index (χ3v) is 7.10. The molecule has 2 N–H and O–H groups in total. The van der Waals surface area contributed by atoms with Crippen molar-refractivity contribution in [3.05, 3.63) is 60.0 Å². The molecule has 1 aliphatic rings. The zero-order valence-electron chi connectivity index (χ0n) is 17.5. The molecule has 0 radical (unpaired) electrons. The van der Waals surface area contributed by atoms with Crippen LogP contribution in [0.2, 0.25) is 0 Å². The highest BCUT2D eigenvalue weighted by molar-refractivity contribution is 7.89. The smallest absolute Gasteiger partial charge is 0.243 e. The van der Waals surface area contributed by atoms with Crippen LogP contribution in [0.5, 0.6) is 0 Å². The Bertz CT molecular complexity index is 1150. The maximum absolute atomic E-state index is 12.7. The van der Waals surface area contributed by atoms with Crippen molar-refractivity contribution in [3.63, 3.8) is 0 Å². The van der Waals surface area contributed by atoms with E-state index in [4.69, 9.17) is 0 Å². The van der Waals surface area contributed by atoms with Crippen LogP contribution in [-0.4, -0.2) is 52.9 Å². The molecule has 1 aliphatic heterocycles. The second-order valence-electron chi connectivity index (χ2n) is 7.35. The third-order valence-electron chi connectivity index (χ3n) is 5.19. The largest absolute Gasteiger partial charge is 0.357 e. The van der Waals surface area contributed by atoms with E-state index in [-0.39, 0.29) is 0 Å². The summed E-state index contributed by atoms with van der Waals surface area (Å²) in [5, 5.41) is 14.9. The maximum Gasteiger partial charge on any atom is 0.243 e. The minimum atomic E-state index is -3.39. The molecule has 0 amide bonds. The molecule has 1 aromatic carbocycles. The molecule has 0 unspecified atom stereocenters. The van der Waals surface area contributed by atoms with Crippen molar-refractivity contribution < 1.29 is 8.42 Å². The summed E-state index contributed by atoms with van der Waals surface area (Å²) >= 11 is 0. The number of nitrogens with one attached hydrogen (secondary N) is 2. The molecule has 9 nitrogen and oxygen atoms in total. The average molecular weight is 442 g/mol. The van der Waals surface area contributed by atoms with E-state index in [2.05, 4.69) is 25.8 Å². The number of pyridine rings is 1. The van der Waals surface area contributed by atoms with Gasteiger partial charge >= 0.3 is 0 Å². The van der Waals surface area contributed by atoms with Crippen molar-refractivity contribution in [2.45, 2.75) is 37.8 Å². The van der Waals surface area contributed by atoms with E-state index in [9.17, 15) is 8.42 Å². The van der Waals surface area contributed by atoms with Crippen molar-refractivity contribution in [3.8, 4) is 0 Å². The summed E-state index contributed by atoms with van der Waals surface area (Å²) in [5.41, 5.74) is 1.73. The zero-order valence-corrected chi connectivity index (χ0v) is 18.3. The lowest BCUT2D eigenvalue weighted by Gasteiger charge is -2.15. The SMILES string of the molecule is CCNC(=NCc1ccc(S(=O)(=O)N2CCCC2)cc1)NCc1nnc2ccccn12. The Morgan fingerprint density at radius 1 is 1.06 bits per heavy atom. The van der Waals surface area contributed by atoms with Gasteiger partial charge in [0.05, 0.1) is 18.0 Å². The first-order chi connectivity index (χ1) is 15.1. The summed E-state index contributed by atoms with van der Waals surface area (Å²) in [5.74, 6) is 1.45. The summed E-state index contributed by atoms with van der Waals surface area (Å²) in [6.45, 7) is 4.84. The van der Waals surface area contributed by atoms with E-state index < -0.39 is 10.0 Å². The summed E-state index contributed by atoms with van der Waals surface area (Å²) in [6.07, 6.45) is 3.78. The van der Waals surface area contributed by atoms with Gasteiger partial charge in [-0.25, -0.2) is 13.4 Å². The lowest BCUT2D eigenvalue weighted by Crippen LogP contribution is -2.37. The van der Waals surface area contributed by atoms with Crippen molar-refractivity contribution in [1.29, 1.82) is 0 Å². The number of hydrogen-bond acceptors (Lipinski definition) is 5. The standard InChI is InChI=1S/C21H27N7O2S/c1-2-22-21(24-16-20-26-25-19-7-3-4-14-28(19)20)23-15-17-8-10-18(11-9-17)31(29,30)27-12-5-6-13-27/h3-4,7-11,14H,2,5-6,12-13,15-16H2,1H3,(H2,22,23,24). The molecule has 4 rings (SSSR count). The van der Waals surface area contributed by atoms with Crippen LogP contribution >= 0.6 is 0 Å². The number of nitrogens with zero attached hydrogens (tertiary/aromatic N) is 5. The lowest BCUT2D eigenvalue weighted by atomic mass is 10.2. The van der Waals surface area contributed by atoms with Crippen LogP contribution in [0.15, 0.2) is 58.5 Å². The van der Waals surface area contributed by atoms with E-state index in [0.29, 0.717) is 37.0 Å². The predicted octanol–water partition coefficient (Wildman–Crippen LogP) is 1.77. The Morgan fingerprint density at radius 2 is 1.84 bits per heavy atom. The quantitative estimate of drug-likeness (QED) is 0.428. The Kier molecular flexibility index (Phi) is 6.47. The Balaban J connectivity index is 1.41. The second kappa shape index (κ2) is 9.44. The molecule has 164 valence electrons. The number of aromatic nitrogens is 3. The van der Waals surface area contributed by atoms with Crippen LogP contribution in [0.25, 0.3) is 5.65 Å². The summed E-state index contributed by atoms with van der Waals surface area (Å²) in [7, 11) is -3.39. The number of rotatable bonds is 7. The van der Waals surface area contributed by atoms with Gasteiger partial charge in [-0.3, -0.25) is 4.40 Å². The first-order valence-corrected chi connectivity index (χ1v) is 11.9. The first kappa shape index (κ1) is 21.3. The van der Waals surface area contributed by atoms with Gasteiger partial charge in [-0.05, 0) is 49.6 Å². The topological polar surface area (TPSA) is 104 Å². The molecule has 0 saturated carbocycles. The summed E-state index contributed by atoms with van der Waals surface area (Å²) in [6, 6.07) is 12.7. The number of hydrogen-bond donors (Lipinski definition) is 2. The maximum atomic E-state index is 12.7. The zero-order chi connectivity index (χ0) is 21.7. The van der Waals surface area contributed by atoms with Gasteiger partial charge in [-0.2, -0.15) is 4.31 Å². The van der Waals surface area contributed by atoms with Gasteiger partial charge in [0.2, 0.25) is 10.0 Å². The molecule has 2 aromatic heterocycles. The molecule has 10 heteroatoms. The molecular formula is C21H27N7O2S. The average Bonchev–Trinajstić information content (AvgIpc) is 3.47. The fourth-order valence-corrected chi connectivity index (χ4v) is 5.05. The molecule has 3 heterocycles. The van der Waals surface area contributed by atoms with Gasteiger partial charge < -0.3 is 10.6 Å². The molecular weight excluding hydrogens is 414 g/mol. The van der Waals surface area contributed by atoms with Crippen LogP contribution in [0.1, 0.15) is 31.2 Å². The van der Waals surface area contributed by atoms with Crippen LogP contribution in [0, 0.1) is 0 Å². The van der Waals surface area contributed by atoms with Crippen LogP contribution in [0.4, 0.5) is 0 Å². The van der Waals surface area contributed by atoms with Gasteiger partial charge in [0.1, 0.15) is 0 Å². The number of benzene rings is 1. The predicted molar refractivity (Wildman–Crippen MR) is 119 cm³/mol. The van der Waals surface area contributed by atoms with Crippen molar-refractivity contribution in [2.24, 2.45) is 4.99 Å². The first-order valence-electron chi connectivity index (χ1n) is 10.5. The van der Waals surface area contributed by atoms with Crippen LogP contribution < -0.4 is 10.6 Å². The number of fused-ring (bicyclic) bond motifs is 1. The van der Waals surface area contributed by atoms with Gasteiger partial charge in [0, 0.05) is 25.8 Å². The molecule has 0 atom stereocenters. The fraction of sp³-hybridized carbons (Fsp3) is 0.381. The van der Waals surface area contributed by atoms with Gasteiger partial charge in [-0.15, -0.1) is 10.2 Å². The molecule has 0 bridgehead atoms. The van der Waals surface area contributed by atoms with Gasteiger partial charge in [0.15, 0.2) is 17.4 Å². The minimum Gasteiger partial charge on any atom is -0.357 e. The summed E-state index contributed by atoms with van der Waals surface area (Å²) in [4.78, 5) is 4.95. The van der Waals surface area contributed by atoms with E-state index in [0.717, 1.165) is 36.4 Å². The molecule has 31 heavy (non-hydrogen) atoms. The third kappa shape index (κ3) is 4.86. The Hall–Kier alpha value is -2.98. The van der Waals surface area contributed by atoms with Crippen LogP contribution in [-0.2, 0) is 23.1 Å². The van der Waals surface area contributed by atoms with E-state index in [1.54, 1.807) is 16.4 Å². The van der Waals surface area contributed by atoms with E-state index >= 15 is 0 Å². The normalized spacial score (nSPS) is 15.5. The molecule has 0 aliphatic carbocycles. The molecule has 3 aromatic rings. The number of sulfonamides is 1. The highest BCUT2D eigenvalue weighted by Crippen LogP contribution is 2.21. The fourth-order valence-electron chi connectivity index (χ4n) is 3.53. The molecule has 1 fully saturated rings. The Labute approximate surface area is 182 Å². The number of guanidine groups is 1. The van der Waals surface area contributed by atoms with Gasteiger partial charge in [0.25, 0.3) is 0 Å². The van der Waals surface area contributed by atoms with Crippen LogP contribution in [0.3, 0.4) is 0 Å². The van der Waals surface area contributed by atoms with Crippen molar-refractivity contribution >= 4 is 21.6 Å². The summed E-state index contributed by atoms with van der Waals surface area (Å²) < 4.78 is 28.8. The lowest BCUT2D eigenvalue weighted by molar-refractivity contribution is 0.477. The molecule has 1 saturated heterocycles. The monoisotopic (exact) mass is 441 g/mol. The van der Waals surface area contributed by atoms with Gasteiger partial charge in [-0.1, -0.05) is 18.2 Å². The second-order valence-corrected chi connectivity index (χ2v) is 9.29. The highest BCUT2D eigenvalue weighted by atomic mass is 32.2. The highest BCUT2D eigenvalue weighted by Gasteiger charge is 2.26. The van der Waals surface area contributed by atoms with Crippen molar-refractivity contribution in [1.82, 2.24) is 29.5 Å².